The molecule has 6 heterocycles. The van der Waals surface area contributed by atoms with Crippen molar-refractivity contribution in [3.05, 3.63) is 75.3 Å². The van der Waals surface area contributed by atoms with E-state index in [-0.39, 0.29) is 41.2 Å². The van der Waals surface area contributed by atoms with Gasteiger partial charge in [-0.05, 0) is 74.6 Å². The number of piperidine rings is 1. The standard InChI is InChI=1S/C39H44N10O5/c1-23-30-21-42-39(45-35(30)49(27-5-3-4-6-27)38(54)34(23)24(2)50)43-32-11-8-28(20-41-32)47-17-15-46(16-18-47)14-13-40-26-7-9-29-25(19-26)22-48(37(29)53)31-10-12-33(51)44-36(31)52/h7-9,11,19-21,27,31,40H,3-6,10,12-18,22H2,1-2H3,(H,44,51,52)(H,41,42,43,45). The second-order valence-corrected chi connectivity index (χ2v) is 14.7. The van der Waals surface area contributed by atoms with Gasteiger partial charge in [0, 0.05) is 81.1 Å². The van der Waals surface area contributed by atoms with Crippen molar-refractivity contribution >= 4 is 57.7 Å². The number of aryl methyl sites for hydroxylation is 1. The summed E-state index contributed by atoms with van der Waals surface area (Å²) in [6.45, 7) is 8.72. The Kier molecular flexibility index (Phi) is 9.56. The quantitative estimate of drug-likeness (QED) is 0.160. The van der Waals surface area contributed by atoms with Crippen molar-refractivity contribution in [2.75, 3.05) is 54.8 Å². The lowest BCUT2D eigenvalue weighted by molar-refractivity contribution is -0.136. The average Bonchev–Trinajstić information content (AvgIpc) is 3.80. The van der Waals surface area contributed by atoms with Crippen LogP contribution in [0.5, 0.6) is 0 Å². The number of fused-ring (bicyclic) bond motifs is 2. The molecule has 2 saturated heterocycles. The first-order valence-electron chi connectivity index (χ1n) is 18.8. The monoisotopic (exact) mass is 732 g/mol. The maximum Gasteiger partial charge on any atom is 0.263 e. The van der Waals surface area contributed by atoms with E-state index < -0.39 is 11.9 Å². The molecule has 280 valence electrons. The molecule has 15 nitrogen and oxygen atoms in total. The van der Waals surface area contributed by atoms with Crippen molar-refractivity contribution in [3.8, 4) is 0 Å². The first kappa shape index (κ1) is 35.3. The summed E-state index contributed by atoms with van der Waals surface area (Å²) in [5, 5.41) is 9.75. The van der Waals surface area contributed by atoms with E-state index in [9.17, 15) is 24.0 Å². The highest BCUT2D eigenvalue weighted by Crippen LogP contribution is 2.33. The van der Waals surface area contributed by atoms with Crippen molar-refractivity contribution in [2.45, 2.75) is 71.0 Å². The fraction of sp³-hybridized carbons (Fsp3) is 0.436. The molecule has 3 aromatic heterocycles. The Morgan fingerprint density at radius 1 is 0.963 bits per heavy atom. The smallest absolute Gasteiger partial charge is 0.263 e. The van der Waals surface area contributed by atoms with Gasteiger partial charge in [0.15, 0.2) is 5.78 Å². The van der Waals surface area contributed by atoms with Crippen LogP contribution in [0.4, 0.5) is 23.1 Å². The van der Waals surface area contributed by atoms with Crippen LogP contribution in [0.25, 0.3) is 11.0 Å². The molecule has 0 spiro atoms. The fourth-order valence-corrected chi connectivity index (χ4v) is 8.34. The highest BCUT2D eigenvalue weighted by atomic mass is 16.2. The van der Waals surface area contributed by atoms with Crippen LogP contribution in [0.15, 0.2) is 47.5 Å². The lowest BCUT2D eigenvalue weighted by Crippen LogP contribution is -2.52. The van der Waals surface area contributed by atoms with Crippen LogP contribution < -0.4 is 26.4 Å². The molecular weight excluding hydrogens is 688 g/mol. The van der Waals surface area contributed by atoms with E-state index >= 15 is 0 Å². The van der Waals surface area contributed by atoms with E-state index in [0.717, 1.165) is 81.9 Å². The molecular formula is C39H44N10O5. The Bertz CT molecular complexity index is 2210. The number of carbonyl (C=O) groups is 4. The number of rotatable bonds is 10. The maximum atomic E-state index is 13.5. The molecule has 54 heavy (non-hydrogen) atoms. The largest absolute Gasteiger partial charge is 0.384 e. The molecule has 0 radical (unpaired) electrons. The van der Waals surface area contributed by atoms with Crippen LogP contribution in [0.2, 0.25) is 0 Å². The Labute approximate surface area is 312 Å². The Morgan fingerprint density at radius 2 is 1.76 bits per heavy atom. The number of ketones is 1. The van der Waals surface area contributed by atoms with Gasteiger partial charge in [-0.3, -0.25) is 38.8 Å². The molecule has 1 aliphatic carbocycles. The van der Waals surface area contributed by atoms with Crippen LogP contribution >= 0.6 is 0 Å². The summed E-state index contributed by atoms with van der Waals surface area (Å²) in [4.78, 5) is 83.2. The third-order valence-electron chi connectivity index (χ3n) is 11.3. The van der Waals surface area contributed by atoms with E-state index in [0.29, 0.717) is 46.9 Å². The van der Waals surface area contributed by atoms with Crippen molar-refractivity contribution in [3.63, 3.8) is 0 Å². The summed E-state index contributed by atoms with van der Waals surface area (Å²) in [6.07, 6.45) is 7.96. The molecule has 3 amide bonds. The van der Waals surface area contributed by atoms with Crippen LogP contribution in [0.3, 0.4) is 0 Å². The minimum atomic E-state index is -0.619. The summed E-state index contributed by atoms with van der Waals surface area (Å²) in [6, 6.07) is 9.03. The number of nitrogens with one attached hydrogen (secondary N) is 3. The zero-order valence-electron chi connectivity index (χ0n) is 30.6. The third kappa shape index (κ3) is 6.79. The Morgan fingerprint density at radius 3 is 2.48 bits per heavy atom. The van der Waals surface area contributed by atoms with E-state index in [4.69, 9.17) is 4.98 Å². The SMILES string of the molecule is CC(=O)c1c(C)c2cnc(Nc3ccc(N4CCN(CCNc5ccc6c(c5)CN(C5CCC(=O)NC5=O)C6=O)CC4)cn3)nc2n(C2CCCC2)c1=O. The summed E-state index contributed by atoms with van der Waals surface area (Å²) < 4.78 is 1.71. The molecule has 4 aliphatic rings. The second kappa shape index (κ2) is 14.6. The molecule has 0 bridgehead atoms. The maximum absolute atomic E-state index is 13.5. The van der Waals surface area contributed by atoms with Gasteiger partial charge in [-0.25, -0.2) is 9.97 Å². The number of anilines is 4. The number of aromatic nitrogens is 4. The highest BCUT2D eigenvalue weighted by molar-refractivity contribution is 6.05. The van der Waals surface area contributed by atoms with Gasteiger partial charge in [-0.2, -0.15) is 4.98 Å². The number of benzene rings is 1. The predicted octanol–water partition coefficient (Wildman–Crippen LogP) is 3.55. The number of piperazine rings is 1. The number of hydrogen-bond donors (Lipinski definition) is 3. The lowest BCUT2D eigenvalue weighted by Gasteiger charge is -2.36. The van der Waals surface area contributed by atoms with Crippen molar-refractivity contribution < 1.29 is 19.2 Å². The molecule has 1 unspecified atom stereocenters. The van der Waals surface area contributed by atoms with Gasteiger partial charge in [-0.1, -0.05) is 12.8 Å². The molecule has 3 fully saturated rings. The van der Waals surface area contributed by atoms with Crippen LogP contribution in [-0.4, -0.2) is 98.1 Å². The summed E-state index contributed by atoms with van der Waals surface area (Å²) >= 11 is 0. The van der Waals surface area contributed by atoms with E-state index in [1.807, 2.05) is 36.5 Å². The van der Waals surface area contributed by atoms with Crippen LogP contribution in [0.1, 0.15) is 83.3 Å². The van der Waals surface area contributed by atoms with Crippen molar-refractivity contribution in [1.29, 1.82) is 0 Å². The lowest BCUT2D eigenvalue weighted by atomic mass is 10.0. The predicted molar refractivity (Wildman–Crippen MR) is 203 cm³/mol. The van der Waals surface area contributed by atoms with Crippen LogP contribution in [0, 0.1) is 6.92 Å². The summed E-state index contributed by atoms with van der Waals surface area (Å²) in [5.41, 5.74) is 4.54. The number of amides is 3. The number of hydrogen-bond acceptors (Lipinski definition) is 12. The number of carbonyl (C=O) groups excluding carboxylic acids is 4. The fourth-order valence-electron chi connectivity index (χ4n) is 8.34. The minimum Gasteiger partial charge on any atom is -0.384 e. The van der Waals surface area contributed by atoms with Gasteiger partial charge in [-0.15, -0.1) is 0 Å². The average molecular weight is 733 g/mol. The number of imide groups is 1. The Balaban J connectivity index is 0.843. The molecule has 1 atom stereocenters. The Hall–Kier alpha value is -5.70. The van der Waals surface area contributed by atoms with E-state index in [2.05, 4.69) is 35.7 Å². The molecule has 8 rings (SSSR count). The van der Waals surface area contributed by atoms with Crippen molar-refractivity contribution in [2.24, 2.45) is 0 Å². The van der Waals surface area contributed by atoms with Gasteiger partial charge in [0.2, 0.25) is 17.8 Å². The van der Waals surface area contributed by atoms with Gasteiger partial charge < -0.3 is 20.4 Å². The summed E-state index contributed by atoms with van der Waals surface area (Å²) in [7, 11) is 0. The molecule has 4 aromatic rings. The zero-order chi connectivity index (χ0) is 37.5. The number of Topliss-reactive ketones (excluding diaryl/α,β-unsaturated/α-hetero) is 1. The van der Waals surface area contributed by atoms with Gasteiger partial charge >= 0.3 is 0 Å². The second-order valence-electron chi connectivity index (χ2n) is 14.7. The van der Waals surface area contributed by atoms with E-state index in [1.54, 1.807) is 22.6 Å². The molecule has 15 heteroatoms. The van der Waals surface area contributed by atoms with E-state index in [1.165, 1.54) is 6.92 Å². The third-order valence-corrected chi connectivity index (χ3v) is 11.3. The molecule has 3 N–H and O–H groups in total. The van der Waals surface area contributed by atoms with Crippen LogP contribution in [-0.2, 0) is 16.1 Å². The first-order chi connectivity index (χ1) is 26.1. The number of nitrogens with zero attached hydrogens (tertiary/aromatic N) is 7. The highest BCUT2D eigenvalue weighted by Gasteiger charge is 2.39. The zero-order valence-corrected chi connectivity index (χ0v) is 30.6. The van der Waals surface area contributed by atoms with Gasteiger partial charge in [0.25, 0.3) is 11.5 Å². The van der Waals surface area contributed by atoms with Gasteiger partial charge in [0.05, 0.1) is 17.4 Å². The first-order valence-corrected chi connectivity index (χ1v) is 18.8. The molecule has 1 aromatic carbocycles. The topological polar surface area (TPSA) is 175 Å². The van der Waals surface area contributed by atoms with Gasteiger partial charge in [0.1, 0.15) is 17.5 Å². The van der Waals surface area contributed by atoms with Crippen molar-refractivity contribution in [1.82, 2.24) is 34.6 Å². The minimum absolute atomic E-state index is 0.00926. The molecule has 3 aliphatic heterocycles. The normalized spacial score (nSPS) is 19.4. The number of pyridine rings is 2. The molecule has 1 saturated carbocycles. The summed E-state index contributed by atoms with van der Waals surface area (Å²) in [5.74, 6) is -0.178.